The van der Waals surface area contributed by atoms with Gasteiger partial charge >= 0.3 is 0 Å². The Bertz CT molecular complexity index is 782. The van der Waals surface area contributed by atoms with E-state index in [0.717, 1.165) is 43.2 Å². The maximum Gasteiger partial charge on any atom is 0.209 e. The average Bonchev–Trinajstić information content (AvgIpc) is 3.22. The summed E-state index contributed by atoms with van der Waals surface area (Å²) < 4.78 is 9.33. The Hall–Kier alpha value is -2.61. The zero-order chi connectivity index (χ0) is 15.6. The summed E-state index contributed by atoms with van der Waals surface area (Å²) in [5.41, 5.74) is 2.15. The second-order valence-corrected chi connectivity index (χ2v) is 5.57. The molecule has 0 atom stereocenters. The fraction of sp³-hybridized carbons (Fsp3) is 0.400. The van der Waals surface area contributed by atoms with E-state index in [1.807, 2.05) is 16.8 Å². The van der Waals surface area contributed by atoms with E-state index in [2.05, 4.69) is 36.8 Å². The Labute approximate surface area is 133 Å². The van der Waals surface area contributed by atoms with E-state index in [9.17, 15) is 0 Å². The van der Waals surface area contributed by atoms with Crippen molar-refractivity contribution in [3.63, 3.8) is 0 Å². The summed E-state index contributed by atoms with van der Waals surface area (Å²) in [5, 5.41) is 10.00. The summed E-state index contributed by atoms with van der Waals surface area (Å²) in [6, 6.07) is 8.23. The smallest absolute Gasteiger partial charge is 0.209 e. The van der Waals surface area contributed by atoms with Gasteiger partial charge in [-0.15, -0.1) is 10.2 Å². The molecule has 0 unspecified atom stereocenters. The number of ether oxygens (including phenoxy) is 1. The molecule has 0 fully saturated rings. The van der Waals surface area contributed by atoms with E-state index < -0.39 is 0 Å². The fourth-order valence-electron chi connectivity index (χ4n) is 2.97. The van der Waals surface area contributed by atoms with Crippen LogP contribution in [0.4, 0.5) is 5.95 Å². The summed E-state index contributed by atoms with van der Waals surface area (Å²) in [4.78, 5) is 7.08. The van der Waals surface area contributed by atoms with Gasteiger partial charge in [-0.25, -0.2) is 9.66 Å². The number of nitrogens with zero attached hydrogens (tertiary/aromatic N) is 7. The Kier molecular flexibility index (Phi) is 3.58. The maximum atomic E-state index is 5.19. The van der Waals surface area contributed by atoms with E-state index in [1.54, 1.807) is 19.8 Å². The van der Waals surface area contributed by atoms with Gasteiger partial charge in [0.1, 0.15) is 26.0 Å². The Morgan fingerprint density at radius 2 is 1.96 bits per heavy atom. The van der Waals surface area contributed by atoms with Crippen molar-refractivity contribution in [2.24, 2.45) is 0 Å². The van der Waals surface area contributed by atoms with Crippen molar-refractivity contribution in [1.82, 2.24) is 24.4 Å². The molecule has 0 saturated carbocycles. The van der Waals surface area contributed by atoms with Crippen LogP contribution in [0.1, 0.15) is 6.42 Å². The number of fused-ring (bicyclic) bond motifs is 3. The van der Waals surface area contributed by atoms with Crippen LogP contribution in [-0.4, -0.2) is 51.4 Å². The third kappa shape index (κ3) is 2.50. The van der Waals surface area contributed by atoms with Crippen LogP contribution in [0.5, 0.6) is 0 Å². The number of para-hydroxylation sites is 2. The van der Waals surface area contributed by atoms with Crippen LogP contribution in [0.15, 0.2) is 36.9 Å². The minimum absolute atomic E-state index is 0.717. The van der Waals surface area contributed by atoms with E-state index in [-0.39, 0.29) is 0 Å². The first-order valence-corrected chi connectivity index (χ1v) is 7.66. The highest BCUT2D eigenvalue weighted by molar-refractivity contribution is 5.79. The van der Waals surface area contributed by atoms with Crippen LogP contribution in [0, 0.1) is 0 Å². The summed E-state index contributed by atoms with van der Waals surface area (Å²) in [5.74, 6) is 1.01. The summed E-state index contributed by atoms with van der Waals surface area (Å²) in [6.45, 7) is 3.08. The van der Waals surface area contributed by atoms with Crippen molar-refractivity contribution >= 4 is 17.0 Å². The van der Waals surface area contributed by atoms with Gasteiger partial charge in [-0.05, 0) is 18.6 Å². The minimum atomic E-state index is 0.717. The lowest BCUT2D eigenvalue weighted by atomic mass is 10.3. The van der Waals surface area contributed by atoms with Crippen molar-refractivity contribution < 1.29 is 4.74 Å². The van der Waals surface area contributed by atoms with Gasteiger partial charge < -0.3 is 9.64 Å². The van der Waals surface area contributed by atoms with Crippen LogP contribution < -0.4 is 9.91 Å². The lowest BCUT2D eigenvalue weighted by molar-refractivity contribution is 0.195. The first-order valence-electron chi connectivity index (χ1n) is 7.66. The largest absolute Gasteiger partial charge is 0.385 e. The van der Waals surface area contributed by atoms with Crippen molar-refractivity contribution in [1.29, 1.82) is 0 Å². The van der Waals surface area contributed by atoms with Gasteiger partial charge in [0, 0.05) is 20.3 Å². The molecule has 120 valence electrons. The van der Waals surface area contributed by atoms with Crippen molar-refractivity contribution in [2.75, 3.05) is 36.8 Å². The molecule has 0 amide bonds. The van der Waals surface area contributed by atoms with Crippen molar-refractivity contribution in [3.8, 4) is 0 Å². The normalized spacial score (nSPS) is 14.5. The molecule has 1 aliphatic rings. The number of anilines is 1. The second kappa shape index (κ2) is 5.88. The van der Waals surface area contributed by atoms with Crippen molar-refractivity contribution in [3.05, 3.63) is 36.9 Å². The van der Waals surface area contributed by atoms with Crippen LogP contribution in [0.3, 0.4) is 0 Å². The van der Waals surface area contributed by atoms with Gasteiger partial charge in [-0.3, -0.25) is 9.58 Å². The van der Waals surface area contributed by atoms with E-state index in [0.29, 0.717) is 6.67 Å². The van der Waals surface area contributed by atoms with Gasteiger partial charge in [0.05, 0.1) is 11.0 Å². The molecular formula is C15H19N7O. The zero-order valence-electron chi connectivity index (χ0n) is 13.0. The molecule has 8 nitrogen and oxygen atoms in total. The quantitative estimate of drug-likeness (QED) is 0.656. The Morgan fingerprint density at radius 1 is 1.13 bits per heavy atom. The lowest BCUT2D eigenvalue weighted by Crippen LogP contribution is -2.50. The highest BCUT2D eigenvalue weighted by Gasteiger charge is 2.25. The SMILES string of the molecule is COCCCN1CN(n2cnnc2)Cn2c1nc1ccccc12. The van der Waals surface area contributed by atoms with Gasteiger partial charge in [0.2, 0.25) is 5.95 Å². The summed E-state index contributed by atoms with van der Waals surface area (Å²) in [7, 11) is 1.73. The maximum absolute atomic E-state index is 5.19. The van der Waals surface area contributed by atoms with E-state index >= 15 is 0 Å². The molecule has 23 heavy (non-hydrogen) atoms. The highest BCUT2D eigenvalue weighted by Crippen LogP contribution is 2.26. The van der Waals surface area contributed by atoms with E-state index in [4.69, 9.17) is 9.72 Å². The van der Waals surface area contributed by atoms with Crippen molar-refractivity contribution in [2.45, 2.75) is 13.1 Å². The molecule has 0 spiro atoms. The molecule has 1 aliphatic heterocycles. The molecule has 0 bridgehead atoms. The van der Waals surface area contributed by atoms with Gasteiger partial charge in [-0.1, -0.05) is 12.1 Å². The molecule has 0 N–H and O–H groups in total. The first kappa shape index (κ1) is 14.0. The summed E-state index contributed by atoms with van der Waals surface area (Å²) >= 11 is 0. The predicted octanol–water partition coefficient (Wildman–Crippen LogP) is 1.04. The molecule has 0 radical (unpaired) electrons. The number of benzene rings is 1. The lowest BCUT2D eigenvalue weighted by Gasteiger charge is -2.38. The molecule has 1 aromatic carbocycles. The van der Waals surface area contributed by atoms with Gasteiger partial charge in [0.15, 0.2) is 0 Å². The van der Waals surface area contributed by atoms with Crippen LogP contribution in [0.25, 0.3) is 11.0 Å². The molecule has 4 rings (SSSR count). The molecule has 3 heterocycles. The molecular weight excluding hydrogens is 294 g/mol. The molecule has 2 aromatic heterocycles. The number of methoxy groups -OCH3 is 1. The van der Waals surface area contributed by atoms with E-state index in [1.165, 1.54) is 0 Å². The first-order chi connectivity index (χ1) is 11.4. The molecule has 3 aromatic rings. The summed E-state index contributed by atoms with van der Waals surface area (Å²) in [6.07, 6.45) is 4.39. The molecule has 8 heteroatoms. The third-order valence-corrected chi connectivity index (χ3v) is 4.07. The highest BCUT2D eigenvalue weighted by atomic mass is 16.5. The van der Waals surface area contributed by atoms with Crippen LogP contribution >= 0.6 is 0 Å². The standard InChI is InChI=1S/C15H19N7O/c1-23-8-4-7-19-11-21(20-9-16-17-10-20)12-22-14-6-3-2-5-13(14)18-15(19)22/h2-3,5-6,9-10H,4,7-8,11-12H2,1H3. The minimum Gasteiger partial charge on any atom is -0.385 e. The van der Waals surface area contributed by atoms with Crippen LogP contribution in [0.2, 0.25) is 0 Å². The monoisotopic (exact) mass is 313 g/mol. The molecule has 0 aliphatic carbocycles. The van der Waals surface area contributed by atoms with Gasteiger partial charge in [0.25, 0.3) is 0 Å². The van der Waals surface area contributed by atoms with Gasteiger partial charge in [-0.2, -0.15) is 0 Å². The van der Waals surface area contributed by atoms with Crippen LogP contribution in [-0.2, 0) is 11.4 Å². The Morgan fingerprint density at radius 3 is 2.78 bits per heavy atom. The molecule has 0 saturated heterocycles. The number of hydrogen-bond donors (Lipinski definition) is 0. The second-order valence-electron chi connectivity index (χ2n) is 5.57. The number of aromatic nitrogens is 5. The number of rotatable bonds is 5. The Balaban J connectivity index is 1.71. The zero-order valence-corrected chi connectivity index (χ0v) is 13.0. The average molecular weight is 313 g/mol. The fourth-order valence-corrected chi connectivity index (χ4v) is 2.97. The topological polar surface area (TPSA) is 64.2 Å². The third-order valence-electron chi connectivity index (χ3n) is 4.07. The number of imidazole rings is 1. The number of hydrogen-bond acceptors (Lipinski definition) is 6. The predicted molar refractivity (Wildman–Crippen MR) is 86.7 cm³/mol.